The van der Waals surface area contributed by atoms with Crippen molar-refractivity contribution in [3.8, 4) is 0 Å². The molecule has 1 aliphatic heterocycles. The van der Waals surface area contributed by atoms with E-state index in [9.17, 15) is 0 Å². The molecule has 13 heavy (non-hydrogen) atoms. The molecule has 1 fully saturated rings. The maximum absolute atomic E-state index is 8.80. The van der Waals surface area contributed by atoms with Crippen LogP contribution in [0.5, 0.6) is 0 Å². The summed E-state index contributed by atoms with van der Waals surface area (Å²) in [5.74, 6) is 0. The fourth-order valence-corrected chi connectivity index (χ4v) is 1.68. The Balaban J connectivity index is 2.17. The van der Waals surface area contributed by atoms with Gasteiger partial charge >= 0.3 is 0 Å². The molecule has 0 bridgehead atoms. The first-order valence-electron chi connectivity index (χ1n) is 5.07. The van der Waals surface area contributed by atoms with Gasteiger partial charge in [0, 0.05) is 38.8 Å². The van der Waals surface area contributed by atoms with Crippen molar-refractivity contribution in [1.82, 2.24) is 9.80 Å². The Morgan fingerprint density at radius 1 is 1.23 bits per heavy atom. The van der Waals surface area contributed by atoms with Crippen LogP contribution in [0.4, 0.5) is 0 Å². The van der Waals surface area contributed by atoms with Gasteiger partial charge in [0.2, 0.25) is 0 Å². The number of nitrogens with two attached hydrogens (primary N) is 1. The maximum atomic E-state index is 8.80. The molecule has 1 heterocycles. The Morgan fingerprint density at radius 3 is 2.23 bits per heavy atom. The number of rotatable bonds is 4. The molecule has 1 atom stereocenters. The van der Waals surface area contributed by atoms with Gasteiger partial charge in [-0.1, -0.05) is 6.92 Å². The van der Waals surface area contributed by atoms with Gasteiger partial charge in [0.25, 0.3) is 0 Å². The Hall–Kier alpha value is -0.160. The third-order valence-corrected chi connectivity index (χ3v) is 2.64. The summed E-state index contributed by atoms with van der Waals surface area (Å²) in [4.78, 5) is 4.76. The molecular weight excluding hydrogens is 166 g/mol. The molecule has 0 aromatic carbocycles. The van der Waals surface area contributed by atoms with Gasteiger partial charge in [-0.2, -0.15) is 0 Å². The highest BCUT2D eigenvalue weighted by Crippen LogP contribution is 2.01. The van der Waals surface area contributed by atoms with Crippen molar-refractivity contribution in [2.75, 3.05) is 45.9 Å². The first-order chi connectivity index (χ1) is 6.26. The minimum absolute atomic E-state index is 0.0758. The lowest BCUT2D eigenvalue weighted by atomic mass is 10.2. The van der Waals surface area contributed by atoms with Crippen molar-refractivity contribution in [1.29, 1.82) is 0 Å². The van der Waals surface area contributed by atoms with Gasteiger partial charge < -0.3 is 15.7 Å². The van der Waals surface area contributed by atoms with Crippen LogP contribution in [0.15, 0.2) is 0 Å². The fourth-order valence-electron chi connectivity index (χ4n) is 1.68. The minimum atomic E-state index is -0.0758. The lowest BCUT2D eigenvalue weighted by molar-refractivity contribution is 0.121. The molecule has 0 aliphatic carbocycles. The van der Waals surface area contributed by atoms with E-state index in [0.29, 0.717) is 0 Å². The molecule has 3 N–H and O–H groups in total. The van der Waals surface area contributed by atoms with E-state index in [0.717, 1.165) is 39.3 Å². The van der Waals surface area contributed by atoms with Crippen LogP contribution in [0.2, 0.25) is 0 Å². The second-order valence-corrected chi connectivity index (χ2v) is 3.68. The fraction of sp³-hybridized carbons (Fsp3) is 1.00. The van der Waals surface area contributed by atoms with Gasteiger partial charge in [-0.15, -0.1) is 0 Å². The van der Waals surface area contributed by atoms with E-state index < -0.39 is 0 Å². The molecule has 0 aromatic heterocycles. The zero-order valence-electron chi connectivity index (χ0n) is 8.45. The summed E-state index contributed by atoms with van der Waals surface area (Å²) in [6, 6.07) is -0.0758. The number of likely N-dealkylation sites (N-methyl/N-ethyl adjacent to an activating group) is 1. The molecule has 1 rings (SSSR count). The first kappa shape index (κ1) is 10.9. The molecular formula is C9H21N3O. The predicted molar refractivity (Wildman–Crippen MR) is 53.6 cm³/mol. The number of hydrogen-bond acceptors (Lipinski definition) is 4. The lowest BCUT2D eigenvalue weighted by Gasteiger charge is -2.34. The predicted octanol–water partition coefficient (Wildman–Crippen LogP) is -1.06. The van der Waals surface area contributed by atoms with E-state index in [4.69, 9.17) is 10.8 Å². The number of hydrogen-bond donors (Lipinski definition) is 2. The summed E-state index contributed by atoms with van der Waals surface area (Å²) in [6.45, 7) is 8.68. The second-order valence-electron chi connectivity index (χ2n) is 3.68. The molecule has 1 saturated heterocycles. The second kappa shape index (κ2) is 5.54. The number of aliphatic hydroxyl groups is 1. The van der Waals surface area contributed by atoms with Crippen LogP contribution in [0.3, 0.4) is 0 Å². The van der Waals surface area contributed by atoms with E-state index in [1.807, 2.05) is 0 Å². The van der Waals surface area contributed by atoms with Crippen molar-refractivity contribution < 1.29 is 5.11 Å². The van der Waals surface area contributed by atoms with Gasteiger partial charge in [0.05, 0.1) is 6.61 Å². The molecule has 78 valence electrons. The Kier molecular flexibility index (Phi) is 4.66. The third kappa shape index (κ3) is 3.60. The van der Waals surface area contributed by atoms with Crippen molar-refractivity contribution >= 4 is 0 Å². The van der Waals surface area contributed by atoms with Gasteiger partial charge in [0.1, 0.15) is 0 Å². The van der Waals surface area contributed by atoms with Crippen molar-refractivity contribution in [3.05, 3.63) is 0 Å². The highest BCUT2D eigenvalue weighted by atomic mass is 16.3. The average molecular weight is 187 g/mol. The van der Waals surface area contributed by atoms with Crippen molar-refractivity contribution in [3.63, 3.8) is 0 Å². The Morgan fingerprint density at radius 2 is 1.77 bits per heavy atom. The maximum Gasteiger partial charge on any atom is 0.0595 e. The summed E-state index contributed by atoms with van der Waals surface area (Å²) in [6.07, 6.45) is 0. The van der Waals surface area contributed by atoms with Gasteiger partial charge in [-0.3, -0.25) is 4.90 Å². The minimum Gasteiger partial charge on any atom is -0.395 e. The summed E-state index contributed by atoms with van der Waals surface area (Å²) in [5, 5.41) is 8.80. The molecule has 0 aromatic rings. The summed E-state index contributed by atoms with van der Waals surface area (Å²) in [7, 11) is 0. The summed E-state index contributed by atoms with van der Waals surface area (Å²) < 4.78 is 0. The lowest BCUT2D eigenvalue weighted by Crippen LogP contribution is -2.50. The molecule has 4 nitrogen and oxygen atoms in total. The standard InChI is InChI=1S/C9H21N3O/c1-2-11-3-5-12(6-4-11)7-9(10)8-13/h9,13H,2-8,10H2,1H3. The van der Waals surface area contributed by atoms with E-state index in [1.165, 1.54) is 0 Å². The summed E-state index contributed by atoms with van der Waals surface area (Å²) >= 11 is 0. The SMILES string of the molecule is CCN1CCN(CC(N)CO)CC1. The Labute approximate surface area is 80.3 Å². The van der Waals surface area contributed by atoms with E-state index in [-0.39, 0.29) is 12.6 Å². The zero-order chi connectivity index (χ0) is 9.68. The quantitative estimate of drug-likeness (QED) is 0.589. The molecule has 0 spiro atoms. The van der Waals surface area contributed by atoms with Gasteiger partial charge in [-0.25, -0.2) is 0 Å². The Bertz CT molecular complexity index is 135. The van der Waals surface area contributed by atoms with E-state index >= 15 is 0 Å². The topological polar surface area (TPSA) is 52.7 Å². The van der Waals surface area contributed by atoms with Crippen LogP contribution in [0.1, 0.15) is 6.92 Å². The molecule has 1 aliphatic rings. The molecule has 1 unspecified atom stereocenters. The molecule has 0 saturated carbocycles. The number of aliphatic hydroxyl groups excluding tert-OH is 1. The highest BCUT2D eigenvalue weighted by Gasteiger charge is 2.16. The normalized spacial score (nSPS) is 23.3. The molecule has 4 heteroatoms. The van der Waals surface area contributed by atoms with Crippen LogP contribution in [-0.4, -0.2) is 66.8 Å². The summed E-state index contributed by atoms with van der Waals surface area (Å²) in [5.41, 5.74) is 5.67. The monoisotopic (exact) mass is 187 g/mol. The van der Waals surface area contributed by atoms with Crippen LogP contribution in [0.25, 0.3) is 0 Å². The highest BCUT2D eigenvalue weighted by molar-refractivity contribution is 4.74. The van der Waals surface area contributed by atoms with Crippen LogP contribution in [-0.2, 0) is 0 Å². The van der Waals surface area contributed by atoms with Crippen LogP contribution in [0, 0.1) is 0 Å². The average Bonchev–Trinajstić information content (AvgIpc) is 2.19. The van der Waals surface area contributed by atoms with E-state index in [1.54, 1.807) is 0 Å². The number of nitrogens with zero attached hydrogens (tertiary/aromatic N) is 2. The third-order valence-electron chi connectivity index (χ3n) is 2.64. The molecule has 0 radical (unpaired) electrons. The van der Waals surface area contributed by atoms with Crippen LogP contribution < -0.4 is 5.73 Å². The van der Waals surface area contributed by atoms with Gasteiger partial charge in [0.15, 0.2) is 0 Å². The largest absolute Gasteiger partial charge is 0.395 e. The van der Waals surface area contributed by atoms with Crippen molar-refractivity contribution in [2.45, 2.75) is 13.0 Å². The first-order valence-corrected chi connectivity index (χ1v) is 5.07. The molecule has 0 amide bonds. The van der Waals surface area contributed by atoms with Crippen LogP contribution >= 0.6 is 0 Å². The number of piperazine rings is 1. The van der Waals surface area contributed by atoms with Gasteiger partial charge in [-0.05, 0) is 6.54 Å². The zero-order valence-corrected chi connectivity index (χ0v) is 8.45. The van der Waals surface area contributed by atoms with E-state index in [2.05, 4.69) is 16.7 Å². The van der Waals surface area contributed by atoms with Crippen molar-refractivity contribution in [2.24, 2.45) is 5.73 Å². The smallest absolute Gasteiger partial charge is 0.0595 e.